The van der Waals surface area contributed by atoms with Crippen LogP contribution in [-0.4, -0.2) is 27.6 Å². The number of hydrogen-bond donors (Lipinski definition) is 2. The third-order valence-electron chi connectivity index (χ3n) is 2.38. The molecule has 1 heterocycles. The standard InChI is InChI=1S/C11H8BrN3O5/c12-6-1-2-8-7(3-6)11(14-20-5-10(16)17)9(4-13-8)15(18)19/h1-4H,5H2,(H,13,14)(H,16,17). The molecule has 0 radical (unpaired) electrons. The van der Waals surface area contributed by atoms with Gasteiger partial charge < -0.3 is 5.11 Å². The van der Waals surface area contributed by atoms with E-state index in [1.165, 1.54) is 0 Å². The van der Waals surface area contributed by atoms with E-state index >= 15 is 0 Å². The number of nitro groups is 1. The fourth-order valence-corrected chi connectivity index (χ4v) is 1.93. The van der Waals surface area contributed by atoms with Crippen LogP contribution in [0.3, 0.4) is 0 Å². The van der Waals surface area contributed by atoms with Crippen molar-refractivity contribution in [3.05, 3.63) is 39.0 Å². The molecule has 0 fully saturated rings. The molecule has 20 heavy (non-hydrogen) atoms. The Bertz CT molecular complexity index is 691. The fourth-order valence-electron chi connectivity index (χ4n) is 1.57. The molecule has 2 aromatic rings. The van der Waals surface area contributed by atoms with Crippen molar-refractivity contribution >= 4 is 44.2 Å². The molecule has 9 heteroatoms. The van der Waals surface area contributed by atoms with E-state index in [0.29, 0.717) is 15.4 Å². The van der Waals surface area contributed by atoms with E-state index in [1.807, 2.05) is 0 Å². The second-order valence-electron chi connectivity index (χ2n) is 3.72. The second-order valence-corrected chi connectivity index (χ2v) is 4.64. The Morgan fingerprint density at radius 1 is 1.55 bits per heavy atom. The number of rotatable bonds is 5. The van der Waals surface area contributed by atoms with Crippen molar-refractivity contribution < 1.29 is 19.7 Å². The van der Waals surface area contributed by atoms with Gasteiger partial charge in [0.2, 0.25) is 0 Å². The van der Waals surface area contributed by atoms with Crippen molar-refractivity contribution in [3.63, 3.8) is 0 Å². The van der Waals surface area contributed by atoms with Crippen LogP contribution in [0.5, 0.6) is 0 Å². The summed E-state index contributed by atoms with van der Waals surface area (Å²) in [5.41, 5.74) is 2.58. The first-order chi connectivity index (χ1) is 9.49. The summed E-state index contributed by atoms with van der Waals surface area (Å²) in [4.78, 5) is 29.5. The van der Waals surface area contributed by atoms with Crippen LogP contribution < -0.4 is 5.48 Å². The van der Waals surface area contributed by atoms with Gasteiger partial charge in [0, 0.05) is 9.86 Å². The Balaban J connectivity index is 2.50. The molecule has 2 rings (SSSR count). The minimum Gasteiger partial charge on any atom is -0.479 e. The molecule has 8 nitrogen and oxygen atoms in total. The lowest BCUT2D eigenvalue weighted by molar-refractivity contribution is -0.384. The topological polar surface area (TPSA) is 115 Å². The maximum absolute atomic E-state index is 11.0. The van der Waals surface area contributed by atoms with Crippen LogP contribution in [0.15, 0.2) is 28.9 Å². The molecule has 0 spiro atoms. The summed E-state index contributed by atoms with van der Waals surface area (Å²) in [5.74, 6) is -1.19. The summed E-state index contributed by atoms with van der Waals surface area (Å²) in [7, 11) is 0. The van der Waals surface area contributed by atoms with Crippen molar-refractivity contribution in [1.29, 1.82) is 0 Å². The number of aromatic nitrogens is 1. The Hall–Kier alpha value is -2.26. The number of hydrogen-bond acceptors (Lipinski definition) is 6. The first-order valence-corrected chi connectivity index (χ1v) is 6.10. The largest absolute Gasteiger partial charge is 0.479 e. The molecule has 0 saturated heterocycles. The van der Waals surface area contributed by atoms with Crippen molar-refractivity contribution in [2.24, 2.45) is 0 Å². The van der Waals surface area contributed by atoms with Crippen LogP contribution in [0, 0.1) is 10.1 Å². The molecular weight excluding hydrogens is 334 g/mol. The summed E-state index contributed by atoms with van der Waals surface area (Å²) in [6.07, 6.45) is 1.09. The summed E-state index contributed by atoms with van der Waals surface area (Å²) < 4.78 is 0.702. The van der Waals surface area contributed by atoms with Gasteiger partial charge in [0.05, 0.1) is 10.4 Å². The van der Waals surface area contributed by atoms with E-state index in [9.17, 15) is 14.9 Å². The minimum absolute atomic E-state index is 0.0579. The van der Waals surface area contributed by atoms with Crippen LogP contribution in [0.1, 0.15) is 0 Å². The number of benzene rings is 1. The number of halogens is 1. The second kappa shape index (κ2) is 5.80. The van der Waals surface area contributed by atoms with E-state index in [-0.39, 0.29) is 11.4 Å². The lowest BCUT2D eigenvalue weighted by Crippen LogP contribution is -2.12. The Morgan fingerprint density at radius 3 is 2.95 bits per heavy atom. The molecule has 2 N–H and O–H groups in total. The average Bonchev–Trinajstić information content (AvgIpc) is 2.38. The zero-order valence-corrected chi connectivity index (χ0v) is 11.5. The van der Waals surface area contributed by atoms with Gasteiger partial charge in [-0.3, -0.25) is 20.4 Å². The number of nitrogens with one attached hydrogen (secondary N) is 1. The third-order valence-corrected chi connectivity index (χ3v) is 2.87. The molecular formula is C11H8BrN3O5. The summed E-state index contributed by atoms with van der Waals surface area (Å²) in [6.45, 7) is -0.630. The number of fused-ring (bicyclic) bond motifs is 1. The Labute approximate surface area is 120 Å². The predicted molar refractivity (Wildman–Crippen MR) is 73.3 cm³/mol. The van der Waals surface area contributed by atoms with Crippen LogP contribution in [0.2, 0.25) is 0 Å². The Kier molecular flexibility index (Phi) is 4.11. The maximum atomic E-state index is 11.0. The molecule has 0 saturated carbocycles. The van der Waals surface area contributed by atoms with Gasteiger partial charge in [-0.25, -0.2) is 9.78 Å². The molecule has 1 aromatic heterocycles. The molecule has 0 aliphatic heterocycles. The molecule has 0 aliphatic carbocycles. The number of pyridine rings is 1. The van der Waals surface area contributed by atoms with Crippen molar-refractivity contribution in [3.8, 4) is 0 Å². The molecule has 0 unspecified atom stereocenters. The van der Waals surface area contributed by atoms with E-state index in [4.69, 9.17) is 9.94 Å². The third kappa shape index (κ3) is 3.00. The number of anilines is 1. The van der Waals surface area contributed by atoms with Crippen LogP contribution in [0.4, 0.5) is 11.4 Å². The molecule has 0 bridgehead atoms. The van der Waals surface area contributed by atoms with Gasteiger partial charge in [-0.05, 0) is 18.2 Å². The van der Waals surface area contributed by atoms with Crippen molar-refractivity contribution in [2.75, 3.05) is 12.1 Å². The first kappa shape index (κ1) is 14.2. The normalized spacial score (nSPS) is 10.4. The number of carbonyl (C=O) groups is 1. The number of aliphatic carboxylic acids is 1. The van der Waals surface area contributed by atoms with E-state index in [1.54, 1.807) is 18.2 Å². The highest BCUT2D eigenvalue weighted by molar-refractivity contribution is 9.10. The lowest BCUT2D eigenvalue weighted by Gasteiger charge is -2.09. The number of carboxylic acids is 1. The Morgan fingerprint density at radius 2 is 2.30 bits per heavy atom. The highest BCUT2D eigenvalue weighted by Crippen LogP contribution is 2.33. The molecule has 0 amide bonds. The molecule has 0 aliphatic rings. The van der Waals surface area contributed by atoms with Gasteiger partial charge in [0.15, 0.2) is 6.61 Å². The number of carboxylic acid groups (broad SMARTS) is 1. The highest BCUT2D eigenvalue weighted by Gasteiger charge is 2.18. The zero-order valence-electron chi connectivity index (χ0n) is 9.87. The van der Waals surface area contributed by atoms with Crippen molar-refractivity contribution in [1.82, 2.24) is 4.98 Å². The average molecular weight is 342 g/mol. The summed E-state index contributed by atoms with van der Waals surface area (Å²) in [6, 6.07) is 5.04. The van der Waals surface area contributed by atoms with Crippen LogP contribution in [0.25, 0.3) is 10.9 Å². The highest BCUT2D eigenvalue weighted by atomic mass is 79.9. The predicted octanol–water partition coefficient (Wildman–Crippen LogP) is 2.33. The summed E-state index contributed by atoms with van der Waals surface area (Å²) in [5, 5.41) is 19.9. The zero-order chi connectivity index (χ0) is 14.7. The fraction of sp³-hybridized carbons (Fsp3) is 0.0909. The van der Waals surface area contributed by atoms with Gasteiger partial charge in [0.1, 0.15) is 11.9 Å². The van der Waals surface area contributed by atoms with E-state index in [0.717, 1.165) is 6.20 Å². The van der Waals surface area contributed by atoms with Crippen LogP contribution >= 0.6 is 15.9 Å². The van der Waals surface area contributed by atoms with Gasteiger partial charge in [-0.1, -0.05) is 15.9 Å². The number of nitrogens with zero attached hydrogens (tertiary/aromatic N) is 2. The smallest absolute Gasteiger partial charge is 0.332 e. The maximum Gasteiger partial charge on any atom is 0.332 e. The summed E-state index contributed by atoms with van der Waals surface area (Å²) >= 11 is 3.26. The van der Waals surface area contributed by atoms with Gasteiger partial charge in [0.25, 0.3) is 0 Å². The van der Waals surface area contributed by atoms with E-state index in [2.05, 4.69) is 26.4 Å². The molecule has 1 aromatic carbocycles. The lowest BCUT2D eigenvalue weighted by atomic mass is 10.2. The van der Waals surface area contributed by atoms with E-state index < -0.39 is 17.5 Å². The molecule has 104 valence electrons. The van der Waals surface area contributed by atoms with Crippen LogP contribution in [-0.2, 0) is 9.63 Å². The molecule has 0 atom stereocenters. The SMILES string of the molecule is O=C(O)CONc1c([N+](=O)[O-])cnc2ccc(Br)cc12. The van der Waals surface area contributed by atoms with Gasteiger partial charge in [-0.2, -0.15) is 0 Å². The monoisotopic (exact) mass is 341 g/mol. The van der Waals surface area contributed by atoms with Gasteiger partial charge >= 0.3 is 11.7 Å². The van der Waals surface area contributed by atoms with Gasteiger partial charge in [-0.15, -0.1) is 0 Å². The van der Waals surface area contributed by atoms with Crippen molar-refractivity contribution in [2.45, 2.75) is 0 Å². The quantitative estimate of drug-likeness (QED) is 0.633. The first-order valence-electron chi connectivity index (χ1n) is 5.31. The minimum atomic E-state index is -1.19.